The fourth-order valence-electron chi connectivity index (χ4n) is 10.00. The molecule has 0 unspecified atom stereocenters. The van der Waals surface area contributed by atoms with Gasteiger partial charge in [0.2, 0.25) is 0 Å². The molecule has 0 N–H and O–H groups in total. The average Bonchev–Trinajstić information content (AvgIpc) is 4.06. The number of para-hydroxylation sites is 1. The lowest BCUT2D eigenvalue weighted by atomic mass is 10.0. The Morgan fingerprint density at radius 3 is 1.89 bits per heavy atom. The maximum absolute atomic E-state index is 7.01. The Hall–Kier alpha value is -8.45. The first-order valence-electron chi connectivity index (χ1n) is 21.8. The monoisotopic (exact) mass is 846 g/mol. The predicted molar refractivity (Wildman–Crippen MR) is 271 cm³/mol. The Labute approximate surface area is 376 Å². The van der Waals surface area contributed by atoms with E-state index in [1.165, 1.54) is 47.8 Å². The lowest BCUT2D eigenvalue weighted by molar-refractivity contribution is 0.669. The molecule has 0 amide bonds. The second-order valence-electron chi connectivity index (χ2n) is 16.7. The van der Waals surface area contributed by atoms with Crippen LogP contribution in [-0.2, 0) is 0 Å². The first-order chi connectivity index (χ1) is 32.2. The summed E-state index contributed by atoms with van der Waals surface area (Å²) in [6, 6.07) is 73.2. The summed E-state index contributed by atoms with van der Waals surface area (Å²) in [5.74, 6) is 1.75. The van der Waals surface area contributed by atoms with Crippen molar-refractivity contribution in [3.05, 3.63) is 206 Å². The van der Waals surface area contributed by atoms with E-state index < -0.39 is 0 Å². The van der Waals surface area contributed by atoms with E-state index in [0.29, 0.717) is 17.5 Å². The maximum atomic E-state index is 7.01. The highest BCUT2D eigenvalue weighted by Crippen LogP contribution is 2.45. The van der Waals surface area contributed by atoms with Gasteiger partial charge in [-0.25, -0.2) is 15.0 Å². The van der Waals surface area contributed by atoms with Gasteiger partial charge < -0.3 is 8.98 Å². The molecule has 0 bridgehead atoms. The summed E-state index contributed by atoms with van der Waals surface area (Å²) in [6.07, 6.45) is 0. The first kappa shape index (κ1) is 36.1. The zero-order valence-electron chi connectivity index (χ0n) is 34.7. The van der Waals surface area contributed by atoms with Gasteiger partial charge in [-0.05, 0) is 69.8 Å². The van der Waals surface area contributed by atoms with Crippen LogP contribution in [0.1, 0.15) is 0 Å². The number of thiophene rings is 1. The molecular formula is C59H34N4OS. The molecule has 6 heteroatoms. The summed E-state index contributed by atoms with van der Waals surface area (Å²) in [4.78, 5) is 16.0. The molecule has 0 fully saturated rings. The normalized spacial score (nSPS) is 12.0. The van der Waals surface area contributed by atoms with Gasteiger partial charge in [-0.1, -0.05) is 164 Å². The molecule has 0 saturated heterocycles. The minimum Gasteiger partial charge on any atom is -0.455 e. The van der Waals surface area contributed by atoms with Crippen molar-refractivity contribution < 1.29 is 4.42 Å². The van der Waals surface area contributed by atoms with Crippen LogP contribution in [0.25, 0.3) is 136 Å². The van der Waals surface area contributed by atoms with E-state index in [1.54, 1.807) is 11.3 Å². The average molecular weight is 847 g/mol. The zero-order valence-corrected chi connectivity index (χ0v) is 35.6. The minimum atomic E-state index is 0.546. The zero-order chi connectivity index (χ0) is 42.6. The Morgan fingerprint density at radius 2 is 1.05 bits per heavy atom. The number of furan rings is 1. The van der Waals surface area contributed by atoms with Gasteiger partial charge in [0.05, 0.1) is 27.7 Å². The summed E-state index contributed by atoms with van der Waals surface area (Å²) >= 11 is 1.77. The summed E-state index contributed by atoms with van der Waals surface area (Å²) in [5, 5.41) is 11.6. The van der Waals surface area contributed by atoms with E-state index in [1.807, 2.05) is 12.1 Å². The highest BCUT2D eigenvalue weighted by atomic mass is 32.1. The number of fused-ring (bicyclic) bond motifs is 12. The SMILES string of the molecule is c1ccc(-c2ccc(-c3nc(-c4ccc(-n5c6cc7ccccc7cc6c6ccc7ccccc7c65)c5c4oc4ccccc45)nc(-c4cccc5c4sc4ccccc45)n3)cc2)cc1. The smallest absolute Gasteiger partial charge is 0.167 e. The van der Waals surface area contributed by atoms with Gasteiger partial charge in [-0.15, -0.1) is 11.3 Å². The topological polar surface area (TPSA) is 56.7 Å². The van der Waals surface area contributed by atoms with Crippen molar-refractivity contribution in [3.8, 4) is 51.0 Å². The number of hydrogen-bond donors (Lipinski definition) is 0. The Bertz CT molecular complexity index is 4240. The lowest BCUT2D eigenvalue weighted by Gasteiger charge is -2.14. The molecule has 0 aliphatic carbocycles. The van der Waals surface area contributed by atoms with E-state index in [4.69, 9.17) is 19.4 Å². The van der Waals surface area contributed by atoms with Crippen molar-refractivity contribution in [2.24, 2.45) is 0 Å². The highest BCUT2D eigenvalue weighted by molar-refractivity contribution is 7.26. The van der Waals surface area contributed by atoms with Crippen LogP contribution in [0, 0.1) is 0 Å². The molecule has 0 aliphatic rings. The number of nitrogens with zero attached hydrogens (tertiary/aromatic N) is 4. The van der Waals surface area contributed by atoms with Crippen LogP contribution < -0.4 is 0 Å². The first-order valence-corrected chi connectivity index (χ1v) is 22.7. The number of rotatable bonds is 5. The third-order valence-corrected chi connectivity index (χ3v) is 14.3. The minimum absolute atomic E-state index is 0.546. The summed E-state index contributed by atoms with van der Waals surface area (Å²) < 4.78 is 11.8. The molecule has 0 atom stereocenters. The van der Waals surface area contributed by atoms with Gasteiger partial charge in [0.25, 0.3) is 0 Å². The fraction of sp³-hybridized carbons (Fsp3) is 0. The quantitative estimate of drug-likeness (QED) is 0.173. The fourth-order valence-corrected chi connectivity index (χ4v) is 11.2. The van der Waals surface area contributed by atoms with Gasteiger partial charge in [-0.3, -0.25) is 0 Å². The van der Waals surface area contributed by atoms with Crippen LogP contribution in [0.2, 0.25) is 0 Å². The number of benzene rings is 10. The molecule has 0 spiro atoms. The maximum Gasteiger partial charge on any atom is 0.167 e. The number of aromatic nitrogens is 4. The Balaban J connectivity index is 1.05. The van der Waals surface area contributed by atoms with E-state index in [9.17, 15) is 0 Å². The third-order valence-electron chi connectivity index (χ3n) is 13.0. The Kier molecular flexibility index (Phi) is 7.79. The molecule has 0 radical (unpaired) electrons. The van der Waals surface area contributed by atoms with E-state index in [0.717, 1.165) is 71.2 Å². The van der Waals surface area contributed by atoms with Crippen LogP contribution in [0.3, 0.4) is 0 Å². The van der Waals surface area contributed by atoms with Gasteiger partial charge in [-0.2, -0.15) is 0 Å². The van der Waals surface area contributed by atoms with Crippen LogP contribution in [-0.4, -0.2) is 19.5 Å². The van der Waals surface area contributed by atoms with Crippen molar-refractivity contribution in [1.29, 1.82) is 0 Å². The van der Waals surface area contributed by atoms with E-state index >= 15 is 0 Å². The van der Waals surface area contributed by atoms with Crippen LogP contribution in [0.15, 0.2) is 211 Å². The molecule has 0 saturated carbocycles. The van der Waals surface area contributed by atoms with Crippen LogP contribution in [0.5, 0.6) is 0 Å². The molecule has 302 valence electrons. The molecule has 4 heterocycles. The van der Waals surface area contributed by atoms with Gasteiger partial charge >= 0.3 is 0 Å². The Morgan fingerprint density at radius 1 is 0.400 bits per heavy atom. The van der Waals surface area contributed by atoms with Gasteiger partial charge in [0, 0.05) is 52.8 Å². The predicted octanol–water partition coefficient (Wildman–Crippen LogP) is 16.2. The molecule has 14 aromatic rings. The molecule has 65 heavy (non-hydrogen) atoms. The van der Waals surface area contributed by atoms with Crippen molar-refractivity contribution in [1.82, 2.24) is 19.5 Å². The number of hydrogen-bond acceptors (Lipinski definition) is 5. The molecule has 5 nitrogen and oxygen atoms in total. The lowest BCUT2D eigenvalue weighted by Crippen LogP contribution is -2.01. The van der Waals surface area contributed by atoms with E-state index in [-0.39, 0.29) is 0 Å². The van der Waals surface area contributed by atoms with Crippen LogP contribution in [0.4, 0.5) is 0 Å². The second kappa shape index (κ2) is 14.0. The standard InChI is InChI=1S/C59H34N4OS/c1-2-13-35(14-3-1)36-25-27-38(28-26-36)57-60-58(62-59(61-57)47-22-12-21-44-42-19-9-11-24-52(42)65-56(44)47)46-31-32-49(53-45-20-8-10-23-51(45)64-55(46)53)63-50-34-40-17-5-4-16-39(40)33-48(50)43-30-29-37-15-6-7-18-41(37)54(43)63/h1-34H. The van der Waals surface area contributed by atoms with Crippen LogP contribution >= 0.6 is 11.3 Å². The third kappa shape index (κ3) is 5.54. The molecule has 14 rings (SSSR count). The molecule has 10 aromatic carbocycles. The summed E-state index contributed by atoms with van der Waals surface area (Å²) in [6.45, 7) is 0. The molecular weight excluding hydrogens is 813 g/mol. The van der Waals surface area contributed by atoms with Crippen molar-refractivity contribution in [2.45, 2.75) is 0 Å². The summed E-state index contributed by atoms with van der Waals surface area (Å²) in [5.41, 5.74) is 9.80. The highest BCUT2D eigenvalue weighted by Gasteiger charge is 2.25. The second-order valence-corrected chi connectivity index (χ2v) is 17.8. The van der Waals surface area contributed by atoms with Crippen molar-refractivity contribution >= 4 is 96.8 Å². The van der Waals surface area contributed by atoms with Gasteiger partial charge in [0.1, 0.15) is 11.2 Å². The molecule has 0 aliphatic heterocycles. The van der Waals surface area contributed by atoms with Crippen molar-refractivity contribution in [2.75, 3.05) is 0 Å². The summed E-state index contributed by atoms with van der Waals surface area (Å²) in [7, 11) is 0. The van der Waals surface area contributed by atoms with E-state index in [2.05, 4.69) is 199 Å². The van der Waals surface area contributed by atoms with Gasteiger partial charge in [0.15, 0.2) is 17.5 Å². The largest absolute Gasteiger partial charge is 0.455 e. The molecule has 4 aromatic heterocycles. The van der Waals surface area contributed by atoms with Crippen molar-refractivity contribution in [3.63, 3.8) is 0 Å².